The van der Waals surface area contributed by atoms with E-state index < -0.39 is 0 Å². The Morgan fingerprint density at radius 3 is 1.56 bits per heavy atom. The van der Waals surface area contributed by atoms with Crippen molar-refractivity contribution in [2.45, 2.75) is 19.3 Å². The van der Waals surface area contributed by atoms with Crippen LogP contribution in [0.4, 0.5) is 0 Å². The SMILES string of the molecule is CC1(C)c2ccccc2-c2c(-c3cccc(-c4nc(-c5ccccc5)nc(-c5ccc(-c6cccc7sc8ccc(-c9ccc(-c%10ccccc%10)cc9)cc8c67)cc5)n4)c3)cccc21. The molecular weight excluding hydrogens is 795 g/mol. The van der Waals surface area contributed by atoms with Gasteiger partial charge in [0.25, 0.3) is 0 Å². The van der Waals surface area contributed by atoms with Gasteiger partial charge in [0, 0.05) is 42.3 Å². The number of thiophene rings is 1. The topological polar surface area (TPSA) is 38.7 Å². The van der Waals surface area contributed by atoms with Crippen LogP contribution in [0.5, 0.6) is 0 Å². The molecule has 1 aliphatic carbocycles. The van der Waals surface area contributed by atoms with Crippen LogP contribution in [0.25, 0.3) is 110 Å². The first-order chi connectivity index (χ1) is 31.5. The van der Waals surface area contributed by atoms with E-state index in [0.717, 1.165) is 27.8 Å². The molecule has 0 radical (unpaired) electrons. The molecule has 302 valence electrons. The third-order valence-corrected chi connectivity index (χ3v) is 14.1. The van der Waals surface area contributed by atoms with Crippen LogP contribution in [0.2, 0.25) is 0 Å². The van der Waals surface area contributed by atoms with Crippen LogP contribution in [0.15, 0.2) is 212 Å². The van der Waals surface area contributed by atoms with Gasteiger partial charge in [-0.15, -0.1) is 11.3 Å². The Morgan fingerprint density at radius 1 is 0.328 bits per heavy atom. The standard InChI is InChI=1S/C60H41N3S/c1-60(2)51-23-10-9-20-49(51)55-48(21-12-24-52(55)60)45-18-11-19-46(36-45)59-62-57(42-16-7-4-8-17-42)61-58(63-59)43-32-30-41(31-33-43)47-22-13-25-54-56(47)50-37-44(34-35-53(50)64-54)40-28-26-39(27-29-40)38-14-5-3-6-15-38/h3-37H,1-2H3. The first-order valence-corrected chi connectivity index (χ1v) is 22.7. The van der Waals surface area contributed by atoms with Gasteiger partial charge in [0.2, 0.25) is 0 Å². The summed E-state index contributed by atoms with van der Waals surface area (Å²) in [6.45, 7) is 4.66. The first-order valence-electron chi connectivity index (χ1n) is 21.8. The lowest BCUT2D eigenvalue weighted by Gasteiger charge is -2.21. The van der Waals surface area contributed by atoms with Crippen LogP contribution in [-0.2, 0) is 5.41 Å². The summed E-state index contributed by atoms with van der Waals surface area (Å²) in [7, 11) is 0. The number of aromatic nitrogens is 3. The van der Waals surface area contributed by atoms with Gasteiger partial charge in [-0.2, -0.15) is 0 Å². The van der Waals surface area contributed by atoms with Crippen LogP contribution in [0.1, 0.15) is 25.0 Å². The van der Waals surface area contributed by atoms with Crippen molar-refractivity contribution < 1.29 is 0 Å². The molecule has 11 aromatic rings. The number of hydrogen-bond donors (Lipinski definition) is 0. The summed E-state index contributed by atoms with van der Waals surface area (Å²) >= 11 is 1.85. The molecule has 0 bridgehead atoms. The van der Waals surface area contributed by atoms with Crippen LogP contribution >= 0.6 is 11.3 Å². The number of nitrogens with zero attached hydrogens (tertiary/aromatic N) is 3. The lowest BCUT2D eigenvalue weighted by Crippen LogP contribution is -2.14. The predicted octanol–water partition coefficient (Wildman–Crippen LogP) is 16.2. The van der Waals surface area contributed by atoms with Crippen LogP contribution in [-0.4, -0.2) is 15.0 Å². The molecule has 0 N–H and O–H groups in total. The monoisotopic (exact) mass is 835 g/mol. The molecule has 9 aromatic carbocycles. The molecule has 0 saturated heterocycles. The van der Waals surface area contributed by atoms with Gasteiger partial charge in [0.1, 0.15) is 0 Å². The number of rotatable bonds is 7. The predicted molar refractivity (Wildman–Crippen MR) is 268 cm³/mol. The molecule has 12 rings (SSSR count). The molecule has 0 saturated carbocycles. The fourth-order valence-corrected chi connectivity index (χ4v) is 10.8. The summed E-state index contributed by atoms with van der Waals surface area (Å²) in [4.78, 5) is 15.4. The van der Waals surface area contributed by atoms with Crippen molar-refractivity contribution in [3.63, 3.8) is 0 Å². The Morgan fingerprint density at radius 2 is 0.812 bits per heavy atom. The molecule has 0 aliphatic heterocycles. The van der Waals surface area contributed by atoms with Gasteiger partial charge >= 0.3 is 0 Å². The Labute approximate surface area is 377 Å². The lowest BCUT2D eigenvalue weighted by molar-refractivity contribution is 0.660. The normalized spacial score (nSPS) is 12.7. The van der Waals surface area contributed by atoms with E-state index in [1.54, 1.807) is 0 Å². The number of fused-ring (bicyclic) bond motifs is 6. The van der Waals surface area contributed by atoms with Crippen molar-refractivity contribution in [1.29, 1.82) is 0 Å². The second-order valence-corrected chi connectivity index (χ2v) is 18.2. The van der Waals surface area contributed by atoms with E-state index >= 15 is 0 Å². The average Bonchev–Trinajstić information content (AvgIpc) is 3.86. The first kappa shape index (κ1) is 37.9. The molecule has 4 heteroatoms. The van der Waals surface area contributed by atoms with Crippen molar-refractivity contribution in [2.24, 2.45) is 0 Å². The maximum Gasteiger partial charge on any atom is 0.164 e. The second kappa shape index (κ2) is 15.2. The minimum absolute atomic E-state index is 0.0765. The Hall–Kier alpha value is -7.79. The van der Waals surface area contributed by atoms with Gasteiger partial charge in [-0.3, -0.25) is 0 Å². The summed E-state index contributed by atoms with van der Waals surface area (Å²) < 4.78 is 2.56. The van der Waals surface area contributed by atoms with Crippen molar-refractivity contribution in [2.75, 3.05) is 0 Å². The molecule has 3 nitrogen and oxygen atoms in total. The molecule has 64 heavy (non-hydrogen) atoms. The van der Waals surface area contributed by atoms with E-state index in [-0.39, 0.29) is 5.41 Å². The molecule has 0 spiro atoms. The molecule has 2 heterocycles. The molecule has 0 unspecified atom stereocenters. The zero-order valence-electron chi connectivity index (χ0n) is 35.5. The lowest BCUT2D eigenvalue weighted by atomic mass is 9.82. The Balaban J connectivity index is 0.918. The molecular formula is C60H41N3S. The highest BCUT2D eigenvalue weighted by molar-refractivity contribution is 7.26. The Kier molecular flexibility index (Phi) is 9.03. The largest absolute Gasteiger partial charge is 0.208 e. The van der Waals surface area contributed by atoms with Crippen LogP contribution in [0.3, 0.4) is 0 Å². The van der Waals surface area contributed by atoms with Crippen molar-refractivity contribution >= 4 is 31.5 Å². The van der Waals surface area contributed by atoms with Gasteiger partial charge in [0.05, 0.1) is 0 Å². The smallest absolute Gasteiger partial charge is 0.164 e. The van der Waals surface area contributed by atoms with Gasteiger partial charge in [0.15, 0.2) is 17.5 Å². The van der Waals surface area contributed by atoms with E-state index in [2.05, 4.69) is 208 Å². The number of benzene rings is 9. The molecule has 2 aromatic heterocycles. The summed E-state index contributed by atoms with van der Waals surface area (Å²) in [6.07, 6.45) is 0. The fraction of sp³-hybridized carbons (Fsp3) is 0.0500. The van der Waals surface area contributed by atoms with E-state index in [9.17, 15) is 0 Å². The fourth-order valence-electron chi connectivity index (χ4n) is 9.70. The van der Waals surface area contributed by atoms with Crippen molar-refractivity contribution in [3.05, 3.63) is 223 Å². The average molecular weight is 836 g/mol. The minimum atomic E-state index is -0.0765. The minimum Gasteiger partial charge on any atom is -0.208 e. The molecule has 0 atom stereocenters. The summed E-state index contributed by atoms with van der Waals surface area (Å²) in [5.74, 6) is 1.92. The quantitative estimate of drug-likeness (QED) is 0.161. The second-order valence-electron chi connectivity index (χ2n) is 17.2. The molecule has 0 fully saturated rings. The highest BCUT2D eigenvalue weighted by atomic mass is 32.1. The van der Waals surface area contributed by atoms with Crippen molar-refractivity contribution in [1.82, 2.24) is 15.0 Å². The summed E-state index contributed by atoms with van der Waals surface area (Å²) in [6, 6.07) is 76.1. The van der Waals surface area contributed by atoms with Gasteiger partial charge in [-0.1, -0.05) is 202 Å². The highest BCUT2D eigenvalue weighted by Crippen LogP contribution is 2.52. The van der Waals surface area contributed by atoms with Crippen LogP contribution < -0.4 is 0 Å². The van der Waals surface area contributed by atoms with Crippen LogP contribution in [0, 0.1) is 0 Å². The zero-order chi connectivity index (χ0) is 42.8. The van der Waals surface area contributed by atoms with Gasteiger partial charge < -0.3 is 0 Å². The van der Waals surface area contributed by atoms with E-state index in [4.69, 9.17) is 15.0 Å². The maximum absolute atomic E-state index is 5.19. The van der Waals surface area contributed by atoms with E-state index in [1.165, 1.54) is 75.8 Å². The third-order valence-electron chi connectivity index (χ3n) is 13.0. The Bertz CT molecular complexity index is 3550. The zero-order valence-corrected chi connectivity index (χ0v) is 36.3. The van der Waals surface area contributed by atoms with E-state index in [0.29, 0.717) is 17.5 Å². The van der Waals surface area contributed by atoms with Gasteiger partial charge in [-0.05, 0) is 91.0 Å². The van der Waals surface area contributed by atoms with Gasteiger partial charge in [-0.25, -0.2) is 15.0 Å². The maximum atomic E-state index is 5.19. The molecule has 0 amide bonds. The van der Waals surface area contributed by atoms with Crippen molar-refractivity contribution in [3.8, 4) is 89.8 Å². The van der Waals surface area contributed by atoms with E-state index in [1.807, 2.05) is 29.5 Å². The highest BCUT2D eigenvalue weighted by Gasteiger charge is 2.36. The molecule has 1 aliphatic rings. The summed E-state index contributed by atoms with van der Waals surface area (Å²) in [5.41, 5.74) is 17.7. The number of hydrogen-bond acceptors (Lipinski definition) is 4. The third kappa shape index (κ3) is 6.45. The summed E-state index contributed by atoms with van der Waals surface area (Å²) in [5, 5.41) is 2.55.